The van der Waals surface area contributed by atoms with Crippen molar-refractivity contribution in [1.29, 1.82) is 0 Å². The smallest absolute Gasteiger partial charge is 0.0274 e. The number of rotatable bonds is 1. The molecule has 0 aromatic carbocycles. The van der Waals surface area contributed by atoms with Gasteiger partial charge < -0.3 is 0 Å². The van der Waals surface area contributed by atoms with Gasteiger partial charge in [-0.05, 0) is 54.2 Å². The minimum Gasteiger partial charge on any atom is -0.130 e. The summed E-state index contributed by atoms with van der Waals surface area (Å²) in [6.45, 7) is 9.49. The molecule has 104 valence electrons. The Morgan fingerprint density at radius 1 is 1.00 bits per heavy atom. The molecule has 0 saturated heterocycles. The molecule has 0 N–H and O–H groups in total. The molecule has 0 radical (unpaired) electrons. The third kappa shape index (κ3) is 2.15. The first-order valence-corrected chi connectivity index (χ1v) is 9.17. The molecular formula is C17H24S2. The van der Waals surface area contributed by atoms with Crippen molar-refractivity contribution in [2.45, 2.75) is 53.4 Å². The lowest BCUT2D eigenvalue weighted by Crippen LogP contribution is -2.35. The van der Waals surface area contributed by atoms with Crippen LogP contribution < -0.4 is 0 Å². The lowest BCUT2D eigenvalue weighted by Gasteiger charge is -2.40. The maximum atomic E-state index is 2.55. The Morgan fingerprint density at radius 2 is 1.68 bits per heavy atom. The molecule has 2 heterocycles. The van der Waals surface area contributed by atoms with Crippen LogP contribution in [0.15, 0.2) is 32.4 Å². The van der Waals surface area contributed by atoms with Gasteiger partial charge in [-0.15, -0.1) is 11.8 Å². The number of hydrogen-bond acceptors (Lipinski definition) is 2. The van der Waals surface area contributed by atoms with Crippen LogP contribution in [0.3, 0.4) is 0 Å². The van der Waals surface area contributed by atoms with E-state index in [1.807, 2.05) is 11.8 Å². The third-order valence-corrected chi connectivity index (χ3v) is 7.74. The second kappa shape index (κ2) is 4.73. The molecule has 2 heteroatoms. The molecule has 2 unspecified atom stereocenters. The summed E-state index contributed by atoms with van der Waals surface area (Å²) in [5.74, 6) is 1.23. The lowest BCUT2D eigenvalue weighted by molar-refractivity contribution is 0.277. The van der Waals surface area contributed by atoms with Crippen molar-refractivity contribution in [3.05, 3.63) is 32.4 Å². The molecule has 0 nitrogen and oxygen atoms in total. The molecule has 1 aliphatic carbocycles. The molecule has 19 heavy (non-hydrogen) atoms. The lowest BCUT2D eigenvalue weighted by atomic mass is 9.65. The van der Waals surface area contributed by atoms with Gasteiger partial charge in [0.25, 0.3) is 0 Å². The number of allylic oxidation sites excluding steroid dienone is 6. The Kier molecular flexibility index (Phi) is 3.46. The Hall–Kier alpha value is -0.0800. The van der Waals surface area contributed by atoms with Crippen molar-refractivity contribution in [2.24, 2.45) is 10.8 Å². The fraction of sp³-hybridized carbons (Fsp3) is 0.647. The Bertz CT molecular complexity index is 489. The standard InChI is InChI=1S/C17H24S2/c1-12-9-16(3,11-18-12)17(4)10-13(2)19-15(17)14-7-5-6-8-14/h9-10H,5-8,11H2,1-4H3. The number of hydrogen-bond donors (Lipinski definition) is 0. The summed E-state index contributed by atoms with van der Waals surface area (Å²) in [6, 6.07) is 0. The van der Waals surface area contributed by atoms with Crippen molar-refractivity contribution in [3.8, 4) is 0 Å². The van der Waals surface area contributed by atoms with Crippen LogP contribution in [0.1, 0.15) is 53.4 Å². The van der Waals surface area contributed by atoms with Crippen LogP contribution in [0, 0.1) is 10.8 Å². The van der Waals surface area contributed by atoms with Gasteiger partial charge in [-0.1, -0.05) is 43.3 Å². The third-order valence-electron chi connectivity index (χ3n) is 5.06. The highest BCUT2D eigenvalue weighted by Gasteiger charge is 2.50. The van der Waals surface area contributed by atoms with Crippen molar-refractivity contribution in [1.82, 2.24) is 0 Å². The summed E-state index contributed by atoms with van der Waals surface area (Å²) in [6.07, 6.45) is 10.6. The van der Waals surface area contributed by atoms with E-state index < -0.39 is 0 Å². The van der Waals surface area contributed by atoms with E-state index >= 15 is 0 Å². The van der Waals surface area contributed by atoms with Gasteiger partial charge in [-0.25, -0.2) is 0 Å². The Balaban J connectivity index is 2.07. The zero-order chi connectivity index (χ0) is 13.7. The van der Waals surface area contributed by atoms with E-state index in [9.17, 15) is 0 Å². The molecule has 1 fully saturated rings. The van der Waals surface area contributed by atoms with Gasteiger partial charge in [0.1, 0.15) is 0 Å². The van der Waals surface area contributed by atoms with Gasteiger partial charge in [0.05, 0.1) is 0 Å². The minimum absolute atomic E-state index is 0.228. The summed E-state index contributed by atoms with van der Waals surface area (Å²) < 4.78 is 0. The van der Waals surface area contributed by atoms with Crippen LogP contribution in [0.4, 0.5) is 0 Å². The van der Waals surface area contributed by atoms with E-state index in [1.165, 1.54) is 41.2 Å². The largest absolute Gasteiger partial charge is 0.130 e. The zero-order valence-electron chi connectivity index (χ0n) is 12.5. The van der Waals surface area contributed by atoms with Crippen molar-refractivity contribution >= 4 is 23.5 Å². The molecule has 0 aromatic rings. The van der Waals surface area contributed by atoms with Crippen LogP contribution in [0.5, 0.6) is 0 Å². The van der Waals surface area contributed by atoms with E-state index in [0.29, 0.717) is 0 Å². The van der Waals surface area contributed by atoms with Gasteiger partial charge in [-0.2, -0.15) is 0 Å². The van der Waals surface area contributed by atoms with Crippen LogP contribution in [-0.2, 0) is 0 Å². The average molecular weight is 293 g/mol. The van der Waals surface area contributed by atoms with Gasteiger partial charge in [0.2, 0.25) is 0 Å². The zero-order valence-corrected chi connectivity index (χ0v) is 14.1. The van der Waals surface area contributed by atoms with E-state index in [2.05, 4.69) is 51.6 Å². The van der Waals surface area contributed by atoms with Gasteiger partial charge in [0.15, 0.2) is 0 Å². The predicted octanol–water partition coefficient (Wildman–Crippen LogP) is 6.13. The minimum atomic E-state index is 0.228. The van der Waals surface area contributed by atoms with E-state index in [-0.39, 0.29) is 10.8 Å². The molecule has 3 aliphatic rings. The fourth-order valence-electron chi connectivity index (χ4n) is 3.76. The molecule has 1 saturated carbocycles. The second-order valence-corrected chi connectivity index (χ2v) is 9.14. The molecular weight excluding hydrogens is 268 g/mol. The summed E-state index contributed by atoms with van der Waals surface area (Å²) in [7, 11) is 0. The quantitative estimate of drug-likeness (QED) is 0.570. The molecule has 0 amide bonds. The first kappa shape index (κ1) is 13.9. The Labute approximate surface area is 126 Å². The van der Waals surface area contributed by atoms with Gasteiger partial charge in [-0.3, -0.25) is 0 Å². The van der Waals surface area contributed by atoms with E-state index in [4.69, 9.17) is 0 Å². The summed E-state index contributed by atoms with van der Waals surface area (Å²) in [4.78, 5) is 4.69. The van der Waals surface area contributed by atoms with E-state index in [1.54, 1.807) is 10.5 Å². The average Bonchev–Trinajstić information content (AvgIpc) is 3.01. The van der Waals surface area contributed by atoms with Crippen molar-refractivity contribution < 1.29 is 0 Å². The molecule has 2 atom stereocenters. The molecule has 0 aromatic heterocycles. The highest BCUT2D eigenvalue weighted by atomic mass is 32.2. The summed E-state index contributed by atoms with van der Waals surface area (Å²) >= 11 is 4.09. The predicted molar refractivity (Wildman–Crippen MR) is 89.3 cm³/mol. The van der Waals surface area contributed by atoms with Crippen molar-refractivity contribution in [2.75, 3.05) is 5.75 Å². The topological polar surface area (TPSA) is 0 Å². The van der Waals surface area contributed by atoms with Gasteiger partial charge in [0, 0.05) is 16.6 Å². The second-order valence-electron chi connectivity index (χ2n) is 6.66. The van der Waals surface area contributed by atoms with Crippen LogP contribution in [0.2, 0.25) is 0 Å². The maximum Gasteiger partial charge on any atom is 0.0274 e. The number of thioether (sulfide) groups is 2. The molecule has 3 rings (SSSR count). The van der Waals surface area contributed by atoms with Crippen LogP contribution >= 0.6 is 23.5 Å². The van der Waals surface area contributed by atoms with Crippen LogP contribution in [0.25, 0.3) is 0 Å². The Morgan fingerprint density at radius 3 is 2.26 bits per heavy atom. The first-order valence-electron chi connectivity index (χ1n) is 7.37. The first-order chi connectivity index (χ1) is 8.95. The van der Waals surface area contributed by atoms with E-state index in [0.717, 1.165) is 0 Å². The van der Waals surface area contributed by atoms with Crippen molar-refractivity contribution in [3.63, 3.8) is 0 Å². The molecule has 2 aliphatic heterocycles. The molecule has 0 spiro atoms. The maximum absolute atomic E-state index is 2.55. The highest BCUT2D eigenvalue weighted by Crippen LogP contribution is 2.63. The van der Waals surface area contributed by atoms with Crippen LogP contribution in [-0.4, -0.2) is 5.75 Å². The SMILES string of the molecule is CC1=CC(C)(C2(C)C=C(C)SC2=C2CCCC2)CS1. The summed E-state index contributed by atoms with van der Waals surface area (Å²) in [5, 5.41) is 0. The van der Waals surface area contributed by atoms with Gasteiger partial charge >= 0.3 is 0 Å². The fourth-order valence-corrected chi connectivity index (χ4v) is 6.48. The molecule has 0 bridgehead atoms. The highest BCUT2D eigenvalue weighted by molar-refractivity contribution is 8.07. The normalized spacial score (nSPS) is 38.9. The monoisotopic (exact) mass is 292 g/mol. The summed E-state index contributed by atoms with van der Waals surface area (Å²) in [5.41, 5.74) is 2.27.